The van der Waals surface area contributed by atoms with Crippen LogP contribution >= 0.6 is 0 Å². The Balaban J connectivity index is 4.98. The van der Waals surface area contributed by atoms with Gasteiger partial charge in [-0.3, -0.25) is 5.41 Å². The largest absolute Gasteiger partial charge is 0.504 e. The Kier molecular flexibility index (Phi) is 1.95. The Hall–Kier alpha value is -0.790. The van der Waals surface area contributed by atoms with E-state index in [1.54, 1.807) is 0 Å². The highest BCUT2D eigenvalue weighted by molar-refractivity contribution is 8.06. The molecular formula is C2H3F3N2O2S. The molecule has 0 aromatic heterocycles. The van der Waals surface area contributed by atoms with Gasteiger partial charge in [0.2, 0.25) is 5.17 Å². The number of nitrogens with two attached hydrogens (primary N) is 1. The standard InChI is InChI=1S/C2H3F3N2O2S/c3-2(4,5)10(8,9)1(6)7/h(H3,6,7). The summed E-state index contributed by atoms with van der Waals surface area (Å²) < 4.78 is 53.6. The van der Waals surface area contributed by atoms with Gasteiger partial charge in [0.15, 0.2) is 0 Å². The van der Waals surface area contributed by atoms with Crippen molar-refractivity contribution in [3.63, 3.8) is 0 Å². The number of alkyl halides is 3. The van der Waals surface area contributed by atoms with Crippen LogP contribution in [0.15, 0.2) is 0 Å². The van der Waals surface area contributed by atoms with E-state index in [2.05, 4.69) is 5.73 Å². The van der Waals surface area contributed by atoms with E-state index in [1.165, 1.54) is 0 Å². The van der Waals surface area contributed by atoms with Gasteiger partial charge in [-0.15, -0.1) is 0 Å². The highest BCUT2D eigenvalue weighted by atomic mass is 32.2. The van der Waals surface area contributed by atoms with E-state index in [0.717, 1.165) is 0 Å². The third-order valence-corrected chi connectivity index (χ3v) is 1.78. The van der Waals surface area contributed by atoms with Crippen LogP contribution < -0.4 is 5.73 Å². The summed E-state index contributed by atoms with van der Waals surface area (Å²) in [5.41, 5.74) is -1.33. The van der Waals surface area contributed by atoms with Crippen molar-refractivity contribution in [1.29, 1.82) is 5.41 Å². The van der Waals surface area contributed by atoms with Gasteiger partial charge < -0.3 is 5.73 Å². The van der Waals surface area contributed by atoms with Crippen LogP contribution in [0, 0.1) is 5.41 Å². The lowest BCUT2D eigenvalue weighted by molar-refractivity contribution is -0.0417. The molecule has 0 rings (SSSR count). The molecular weight excluding hydrogens is 173 g/mol. The second kappa shape index (κ2) is 2.11. The van der Waals surface area contributed by atoms with E-state index in [0.29, 0.717) is 0 Å². The molecule has 0 aliphatic rings. The Bertz CT molecular complexity index is 240. The van der Waals surface area contributed by atoms with Gasteiger partial charge >= 0.3 is 15.3 Å². The zero-order valence-electron chi connectivity index (χ0n) is 4.44. The van der Waals surface area contributed by atoms with Gasteiger partial charge in [0.25, 0.3) is 0 Å². The van der Waals surface area contributed by atoms with E-state index in [4.69, 9.17) is 5.41 Å². The maximum Gasteiger partial charge on any atom is 0.504 e. The first-order chi connectivity index (χ1) is 4.19. The average molecular weight is 176 g/mol. The monoisotopic (exact) mass is 176 g/mol. The fourth-order valence-corrected chi connectivity index (χ4v) is 0.374. The summed E-state index contributed by atoms with van der Waals surface area (Å²) in [7, 11) is -5.55. The molecule has 0 radical (unpaired) electrons. The highest BCUT2D eigenvalue weighted by Gasteiger charge is 2.48. The van der Waals surface area contributed by atoms with E-state index in [-0.39, 0.29) is 0 Å². The van der Waals surface area contributed by atoms with Crippen molar-refractivity contribution in [3.8, 4) is 0 Å². The summed E-state index contributed by atoms with van der Waals surface area (Å²) in [6.45, 7) is 0. The predicted molar refractivity (Wildman–Crippen MR) is 26.9 cm³/mol. The molecule has 4 nitrogen and oxygen atoms in total. The molecule has 0 fully saturated rings. The summed E-state index contributed by atoms with van der Waals surface area (Å²) in [5, 5.41) is 4.13. The van der Waals surface area contributed by atoms with Crippen LogP contribution in [0.4, 0.5) is 13.2 Å². The van der Waals surface area contributed by atoms with Crippen molar-refractivity contribution < 1.29 is 21.6 Å². The van der Waals surface area contributed by atoms with Crippen LogP contribution in [0.3, 0.4) is 0 Å². The summed E-state index contributed by atoms with van der Waals surface area (Å²) in [5.74, 6) is 0. The molecule has 10 heavy (non-hydrogen) atoms. The van der Waals surface area contributed by atoms with E-state index in [1.807, 2.05) is 0 Å². The molecule has 0 atom stereocenters. The van der Waals surface area contributed by atoms with Crippen molar-refractivity contribution in [2.45, 2.75) is 5.51 Å². The van der Waals surface area contributed by atoms with Crippen LogP contribution in [0.2, 0.25) is 0 Å². The fourth-order valence-electron chi connectivity index (χ4n) is 0.125. The molecule has 8 heteroatoms. The first-order valence-corrected chi connectivity index (χ1v) is 3.33. The van der Waals surface area contributed by atoms with Crippen LogP contribution in [-0.2, 0) is 9.84 Å². The van der Waals surface area contributed by atoms with Gasteiger partial charge in [-0.1, -0.05) is 0 Å². The zero-order chi connectivity index (χ0) is 8.58. The lowest BCUT2D eigenvalue weighted by atomic mass is 11.4. The van der Waals surface area contributed by atoms with Gasteiger partial charge in [0.05, 0.1) is 0 Å². The minimum Gasteiger partial charge on any atom is -0.374 e. The Morgan fingerprint density at radius 3 is 1.70 bits per heavy atom. The number of rotatable bonds is 0. The SMILES string of the molecule is N=C(N)S(=O)(=O)C(F)(F)F. The maximum atomic E-state index is 11.3. The van der Waals surface area contributed by atoms with Crippen molar-refractivity contribution in [2.75, 3.05) is 0 Å². The highest BCUT2D eigenvalue weighted by Crippen LogP contribution is 2.22. The third-order valence-electron chi connectivity index (χ3n) is 0.594. The van der Waals surface area contributed by atoms with Crippen LogP contribution in [-0.4, -0.2) is 19.1 Å². The lowest BCUT2D eigenvalue weighted by Crippen LogP contribution is -2.35. The van der Waals surface area contributed by atoms with Crippen molar-refractivity contribution >= 4 is 15.0 Å². The van der Waals surface area contributed by atoms with Crippen molar-refractivity contribution in [1.82, 2.24) is 0 Å². The molecule has 0 saturated carbocycles. The Labute approximate surface area is 54.3 Å². The smallest absolute Gasteiger partial charge is 0.374 e. The molecule has 0 unspecified atom stereocenters. The maximum absolute atomic E-state index is 11.3. The first kappa shape index (κ1) is 9.21. The van der Waals surface area contributed by atoms with Crippen LogP contribution in [0.1, 0.15) is 0 Å². The molecule has 0 aliphatic carbocycles. The van der Waals surface area contributed by atoms with Gasteiger partial charge in [-0.25, -0.2) is 8.42 Å². The molecule has 0 bridgehead atoms. The fraction of sp³-hybridized carbons (Fsp3) is 0.500. The number of hydrogen-bond donors (Lipinski definition) is 2. The van der Waals surface area contributed by atoms with E-state index in [9.17, 15) is 21.6 Å². The average Bonchev–Trinajstić information content (AvgIpc) is 1.62. The van der Waals surface area contributed by atoms with Gasteiger partial charge in [0.1, 0.15) is 0 Å². The van der Waals surface area contributed by atoms with Crippen molar-refractivity contribution in [3.05, 3.63) is 0 Å². The number of amidine groups is 1. The minimum absolute atomic E-state index is 1.89. The summed E-state index contributed by atoms with van der Waals surface area (Å²) >= 11 is 0. The molecule has 0 saturated heterocycles. The summed E-state index contributed by atoms with van der Waals surface area (Å²) in [4.78, 5) is 0. The molecule has 0 heterocycles. The molecule has 0 aromatic carbocycles. The molecule has 0 amide bonds. The second-order valence-electron chi connectivity index (χ2n) is 1.31. The van der Waals surface area contributed by atoms with Gasteiger partial charge in [-0.2, -0.15) is 13.2 Å². The quantitative estimate of drug-likeness (QED) is 0.396. The Morgan fingerprint density at radius 1 is 1.40 bits per heavy atom. The third kappa shape index (κ3) is 1.38. The molecule has 0 aliphatic heterocycles. The van der Waals surface area contributed by atoms with E-state index >= 15 is 0 Å². The topological polar surface area (TPSA) is 84.0 Å². The van der Waals surface area contributed by atoms with Gasteiger partial charge in [0, 0.05) is 0 Å². The van der Waals surface area contributed by atoms with Gasteiger partial charge in [-0.05, 0) is 0 Å². The molecule has 0 aromatic rings. The van der Waals surface area contributed by atoms with E-state index < -0.39 is 20.5 Å². The number of halogens is 3. The lowest BCUT2D eigenvalue weighted by Gasteiger charge is -2.03. The summed E-state index contributed by atoms with van der Waals surface area (Å²) in [6, 6.07) is 0. The zero-order valence-corrected chi connectivity index (χ0v) is 5.25. The molecule has 60 valence electrons. The first-order valence-electron chi connectivity index (χ1n) is 1.85. The number of sulfone groups is 1. The summed E-state index contributed by atoms with van der Waals surface area (Å²) in [6.07, 6.45) is 0. The van der Waals surface area contributed by atoms with Crippen LogP contribution in [0.5, 0.6) is 0 Å². The number of hydrogen-bond acceptors (Lipinski definition) is 3. The normalized spacial score (nSPS) is 13.1. The van der Waals surface area contributed by atoms with Crippen molar-refractivity contribution in [2.24, 2.45) is 5.73 Å². The minimum atomic E-state index is -5.55. The van der Waals surface area contributed by atoms with Crippen LogP contribution in [0.25, 0.3) is 0 Å². The predicted octanol–water partition coefficient (Wildman–Crippen LogP) is -0.186. The number of nitrogens with one attached hydrogen (secondary N) is 1. The second-order valence-corrected chi connectivity index (χ2v) is 3.22. The molecule has 3 N–H and O–H groups in total. The Morgan fingerprint density at radius 2 is 1.70 bits per heavy atom. The molecule has 0 spiro atoms.